The lowest BCUT2D eigenvalue weighted by Crippen LogP contribution is -2.42. The normalized spacial score (nSPS) is 22.2. The highest BCUT2D eigenvalue weighted by atomic mass is 32.1. The van der Waals surface area contributed by atoms with E-state index in [1.54, 1.807) is 11.3 Å². The van der Waals surface area contributed by atoms with Crippen molar-refractivity contribution in [1.82, 2.24) is 20.2 Å². The van der Waals surface area contributed by atoms with Crippen LogP contribution in [0.1, 0.15) is 12.0 Å². The van der Waals surface area contributed by atoms with Gasteiger partial charge in [0.2, 0.25) is 0 Å². The monoisotopic (exact) mass is 376 g/mol. The molecule has 2 fully saturated rings. The first kappa shape index (κ1) is 15.6. The fraction of sp³-hybridized carbons (Fsp3) is 0.286. The molecule has 2 aromatic heterocycles. The third-order valence-electron chi connectivity index (χ3n) is 5.76. The molecule has 2 N–H and O–H groups in total. The molecule has 4 aromatic rings. The van der Waals surface area contributed by atoms with Crippen molar-refractivity contribution in [3.63, 3.8) is 0 Å². The summed E-state index contributed by atoms with van der Waals surface area (Å²) in [6.45, 7) is 3.31. The van der Waals surface area contributed by atoms with E-state index in [1.165, 1.54) is 17.4 Å². The molecule has 0 unspecified atom stereocenters. The zero-order chi connectivity index (χ0) is 17.8. The zero-order valence-corrected chi connectivity index (χ0v) is 15.6. The summed E-state index contributed by atoms with van der Waals surface area (Å²) in [6.07, 6.45) is 3.44. The maximum Gasteiger partial charge on any atom is 0.279 e. The molecule has 2 aromatic carbocycles. The number of hydrogen-bond acceptors (Lipinski definition) is 5. The molecule has 0 spiro atoms. The largest absolute Gasteiger partial charge is 0.431 e. The molecule has 2 aliphatic rings. The summed E-state index contributed by atoms with van der Waals surface area (Å²) in [4.78, 5) is 10.6. The van der Waals surface area contributed by atoms with Crippen molar-refractivity contribution in [3.8, 4) is 10.9 Å². The van der Waals surface area contributed by atoms with E-state index in [2.05, 4.69) is 44.6 Å². The van der Waals surface area contributed by atoms with Gasteiger partial charge in [0.25, 0.3) is 5.19 Å². The standard InChI is InChI=1S/C21H20N4OS/c1-2-4-20-18(3-1)24-21(27-20)26-16-5-6-17-13(9-23-19(17)8-16)11-25-12-14-7-15(25)10-22-14/h1-6,8-9,14-15,22-23H,7,10-12H2/t14-,15+/m1/s1. The van der Waals surface area contributed by atoms with Crippen molar-refractivity contribution in [2.45, 2.75) is 25.0 Å². The Morgan fingerprint density at radius 1 is 1.22 bits per heavy atom. The lowest BCUT2D eigenvalue weighted by atomic mass is 10.1. The minimum atomic E-state index is 0.683. The van der Waals surface area contributed by atoms with Crippen molar-refractivity contribution >= 4 is 32.5 Å². The Kier molecular flexibility index (Phi) is 3.50. The second kappa shape index (κ2) is 6.05. The minimum absolute atomic E-state index is 0.683. The Hall–Kier alpha value is -2.41. The molecule has 0 saturated carbocycles. The highest BCUT2D eigenvalue weighted by Gasteiger charge is 2.37. The van der Waals surface area contributed by atoms with Gasteiger partial charge in [0, 0.05) is 54.9 Å². The van der Waals surface area contributed by atoms with Gasteiger partial charge in [0.15, 0.2) is 0 Å². The maximum atomic E-state index is 6.02. The number of rotatable bonds is 4. The van der Waals surface area contributed by atoms with E-state index in [9.17, 15) is 0 Å². The third kappa shape index (κ3) is 2.72. The highest BCUT2D eigenvalue weighted by molar-refractivity contribution is 7.20. The van der Waals surface area contributed by atoms with Crippen LogP contribution in [0.5, 0.6) is 10.9 Å². The van der Waals surface area contributed by atoms with Crippen LogP contribution >= 0.6 is 11.3 Å². The molecule has 6 rings (SSSR count). The summed E-state index contributed by atoms with van der Waals surface area (Å²) in [5, 5.41) is 5.54. The van der Waals surface area contributed by atoms with Gasteiger partial charge in [-0.25, -0.2) is 4.98 Å². The molecule has 2 bridgehead atoms. The number of nitrogens with zero attached hydrogens (tertiary/aromatic N) is 2. The van der Waals surface area contributed by atoms with E-state index in [-0.39, 0.29) is 0 Å². The molecule has 2 aliphatic heterocycles. The van der Waals surface area contributed by atoms with Gasteiger partial charge in [-0.3, -0.25) is 4.90 Å². The molecule has 27 heavy (non-hydrogen) atoms. The van der Waals surface area contributed by atoms with Crippen LogP contribution < -0.4 is 10.1 Å². The number of fused-ring (bicyclic) bond motifs is 4. The zero-order valence-electron chi connectivity index (χ0n) is 14.8. The summed E-state index contributed by atoms with van der Waals surface area (Å²) < 4.78 is 7.17. The van der Waals surface area contributed by atoms with Crippen molar-refractivity contribution < 1.29 is 4.74 Å². The molecular weight excluding hydrogens is 356 g/mol. The summed E-state index contributed by atoms with van der Waals surface area (Å²) in [5.41, 5.74) is 3.46. The smallest absolute Gasteiger partial charge is 0.279 e. The number of benzene rings is 2. The lowest BCUT2D eigenvalue weighted by molar-refractivity contribution is 0.218. The van der Waals surface area contributed by atoms with E-state index in [0.29, 0.717) is 17.3 Å². The van der Waals surface area contributed by atoms with Crippen LogP contribution in [0.4, 0.5) is 0 Å². The molecular formula is C21H20N4OS. The Balaban J connectivity index is 1.25. The first-order valence-electron chi connectivity index (χ1n) is 9.43. The molecule has 6 heteroatoms. The molecule has 2 atom stereocenters. The second-order valence-electron chi connectivity index (χ2n) is 7.50. The highest BCUT2D eigenvalue weighted by Crippen LogP contribution is 2.33. The van der Waals surface area contributed by atoms with Crippen molar-refractivity contribution in [2.24, 2.45) is 0 Å². The Labute approximate surface area is 161 Å². The van der Waals surface area contributed by atoms with Crippen LogP contribution in [-0.2, 0) is 6.54 Å². The van der Waals surface area contributed by atoms with Crippen LogP contribution in [0.15, 0.2) is 48.7 Å². The number of nitrogens with one attached hydrogen (secondary N) is 2. The number of hydrogen-bond donors (Lipinski definition) is 2. The van der Waals surface area contributed by atoms with E-state index < -0.39 is 0 Å². The van der Waals surface area contributed by atoms with Gasteiger partial charge in [0.05, 0.1) is 10.2 Å². The van der Waals surface area contributed by atoms with Crippen LogP contribution in [0, 0.1) is 0 Å². The molecule has 0 radical (unpaired) electrons. The van der Waals surface area contributed by atoms with Crippen molar-refractivity contribution in [3.05, 3.63) is 54.2 Å². The fourth-order valence-corrected chi connectivity index (χ4v) is 5.25. The first-order valence-corrected chi connectivity index (χ1v) is 10.2. The molecule has 2 saturated heterocycles. The summed E-state index contributed by atoms with van der Waals surface area (Å²) in [7, 11) is 0. The van der Waals surface area contributed by atoms with Crippen molar-refractivity contribution in [1.29, 1.82) is 0 Å². The Morgan fingerprint density at radius 2 is 2.19 bits per heavy atom. The number of thiazole rings is 1. The van der Waals surface area contributed by atoms with E-state index in [1.807, 2.05) is 24.3 Å². The van der Waals surface area contributed by atoms with Gasteiger partial charge >= 0.3 is 0 Å². The maximum absolute atomic E-state index is 6.02. The van der Waals surface area contributed by atoms with Gasteiger partial charge in [-0.15, -0.1) is 0 Å². The SMILES string of the molecule is c1ccc2sc(Oc3ccc4c(CN5C[C@H]6C[C@H]5CN6)c[nH]c4c3)nc2c1. The third-order valence-corrected chi connectivity index (χ3v) is 6.68. The average Bonchev–Trinajstić information content (AvgIpc) is 3.45. The molecule has 4 heterocycles. The van der Waals surface area contributed by atoms with Crippen LogP contribution in [0.3, 0.4) is 0 Å². The van der Waals surface area contributed by atoms with Gasteiger partial charge in [-0.05, 0) is 36.2 Å². The topological polar surface area (TPSA) is 53.2 Å². The van der Waals surface area contributed by atoms with Gasteiger partial charge < -0.3 is 15.0 Å². The number of piperazine rings is 1. The Morgan fingerprint density at radius 3 is 3.04 bits per heavy atom. The molecule has 5 nitrogen and oxygen atoms in total. The first-order chi connectivity index (χ1) is 13.3. The summed E-state index contributed by atoms with van der Waals surface area (Å²) in [6, 6.07) is 15.8. The number of aromatic nitrogens is 2. The van der Waals surface area contributed by atoms with Crippen molar-refractivity contribution in [2.75, 3.05) is 13.1 Å². The average molecular weight is 376 g/mol. The Bertz CT molecular complexity index is 1100. The van der Waals surface area contributed by atoms with E-state index in [4.69, 9.17) is 4.74 Å². The quantitative estimate of drug-likeness (QED) is 0.563. The van der Waals surface area contributed by atoms with E-state index >= 15 is 0 Å². The second-order valence-corrected chi connectivity index (χ2v) is 8.49. The molecule has 0 amide bonds. The summed E-state index contributed by atoms with van der Waals surface area (Å²) >= 11 is 1.57. The number of likely N-dealkylation sites (tertiary alicyclic amines) is 1. The van der Waals surface area contributed by atoms with Crippen LogP contribution in [0.2, 0.25) is 0 Å². The minimum Gasteiger partial charge on any atom is -0.431 e. The van der Waals surface area contributed by atoms with Gasteiger partial charge in [-0.2, -0.15) is 0 Å². The van der Waals surface area contributed by atoms with Gasteiger partial charge in [-0.1, -0.05) is 23.5 Å². The van der Waals surface area contributed by atoms with E-state index in [0.717, 1.165) is 41.1 Å². The molecule has 0 aliphatic carbocycles. The number of H-pyrrole nitrogens is 1. The lowest BCUT2D eigenvalue weighted by Gasteiger charge is -2.26. The predicted octanol–water partition coefficient (Wildman–Crippen LogP) is 4.12. The molecule has 136 valence electrons. The number of para-hydroxylation sites is 1. The predicted molar refractivity (Wildman–Crippen MR) is 109 cm³/mol. The summed E-state index contributed by atoms with van der Waals surface area (Å²) in [5.74, 6) is 0.819. The number of aromatic amines is 1. The fourth-order valence-electron chi connectivity index (χ4n) is 4.41. The van der Waals surface area contributed by atoms with Crippen LogP contribution in [0.25, 0.3) is 21.1 Å². The van der Waals surface area contributed by atoms with Crippen LogP contribution in [-0.4, -0.2) is 40.0 Å². The van der Waals surface area contributed by atoms with Gasteiger partial charge in [0.1, 0.15) is 5.75 Å². The number of ether oxygens (including phenoxy) is 1.